The number of nitrogens with zero attached hydrogens (tertiary/aromatic N) is 4. The molecule has 1 N–H and O–H groups in total. The first kappa shape index (κ1) is 21.3. The molecule has 2 heterocycles. The summed E-state index contributed by atoms with van der Waals surface area (Å²) in [6, 6.07) is 21.6. The fourth-order valence-corrected chi connectivity index (χ4v) is 3.81. The Morgan fingerprint density at radius 2 is 1.72 bits per heavy atom. The van der Waals surface area contributed by atoms with Gasteiger partial charge in [-0.15, -0.1) is 5.10 Å². The number of pyridine rings is 1. The van der Waals surface area contributed by atoms with Crippen LogP contribution in [0, 0.1) is 0 Å². The van der Waals surface area contributed by atoms with Gasteiger partial charge in [-0.1, -0.05) is 59.1 Å². The molecule has 2 aromatic carbocycles. The fourth-order valence-electron chi connectivity index (χ4n) is 3.38. The Labute approximate surface area is 189 Å². The van der Waals surface area contributed by atoms with Crippen LogP contribution >= 0.6 is 11.5 Å². The molecule has 2 aromatic heterocycles. The second-order valence-corrected chi connectivity index (χ2v) is 7.63. The minimum Gasteiger partial charge on any atom is -0.354 e. The van der Waals surface area contributed by atoms with E-state index in [4.69, 9.17) is 0 Å². The summed E-state index contributed by atoms with van der Waals surface area (Å²) in [5.74, 6) is -0.702. The highest BCUT2D eigenvalue weighted by atomic mass is 32.1. The number of amides is 2. The Morgan fingerprint density at radius 1 is 0.969 bits per heavy atom. The smallest absolute Gasteiger partial charge is 0.280 e. The summed E-state index contributed by atoms with van der Waals surface area (Å²) in [4.78, 5) is 32.5. The molecular formula is C24H21N5O2S. The van der Waals surface area contributed by atoms with E-state index in [1.165, 1.54) is 4.90 Å². The minimum absolute atomic E-state index is 0.185. The maximum absolute atomic E-state index is 13.5. The Morgan fingerprint density at radius 3 is 2.38 bits per heavy atom. The molecule has 0 saturated heterocycles. The molecule has 2 amide bonds. The molecule has 0 bridgehead atoms. The average Bonchev–Trinajstić information content (AvgIpc) is 3.39. The standard InChI is InChI=1S/C24H21N5O2S/c30-23(26-15-13-18-8-3-1-4-9-18)22(19-10-7-14-25-16-19)29(20-11-5-2-6-12-20)24(31)21-17-32-28-27-21/h1-12,14,16-17,22H,13,15H2,(H,26,30)/t22-/m0/s1. The fraction of sp³-hybridized carbons (Fsp3) is 0.125. The first-order chi connectivity index (χ1) is 15.7. The second-order valence-electron chi connectivity index (χ2n) is 7.02. The summed E-state index contributed by atoms with van der Waals surface area (Å²) < 4.78 is 3.81. The van der Waals surface area contributed by atoms with Crippen LogP contribution < -0.4 is 10.2 Å². The molecule has 7 nitrogen and oxygen atoms in total. The molecule has 0 spiro atoms. The van der Waals surface area contributed by atoms with Crippen LogP contribution in [-0.2, 0) is 11.2 Å². The molecule has 0 unspecified atom stereocenters. The lowest BCUT2D eigenvalue weighted by molar-refractivity contribution is -0.122. The van der Waals surface area contributed by atoms with Gasteiger partial charge in [0, 0.05) is 35.6 Å². The van der Waals surface area contributed by atoms with Crippen molar-refractivity contribution >= 4 is 29.0 Å². The maximum atomic E-state index is 13.5. The predicted octanol–water partition coefficient (Wildman–Crippen LogP) is 3.68. The van der Waals surface area contributed by atoms with Crippen LogP contribution in [0.2, 0.25) is 0 Å². The van der Waals surface area contributed by atoms with Gasteiger partial charge >= 0.3 is 0 Å². The third kappa shape index (κ3) is 5.04. The number of nitrogens with one attached hydrogen (secondary N) is 1. The van der Waals surface area contributed by atoms with E-state index in [9.17, 15) is 9.59 Å². The third-order valence-corrected chi connectivity index (χ3v) is 5.40. The van der Waals surface area contributed by atoms with E-state index in [-0.39, 0.29) is 11.6 Å². The van der Waals surface area contributed by atoms with Gasteiger partial charge < -0.3 is 5.32 Å². The molecular weight excluding hydrogens is 422 g/mol. The van der Waals surface area contributed by atoms with Crippen molar-refractivity contribution in [2.75, 3.05) is 11.4 Å². The van der Waals surface area contributed by atoms with Gasteiger partial charge in [0.15, 0.2) is 5.69 Å². The molecule has 0 aliphatic rings. The van der Waals surface area contributed by atoms with E-state index in [1.807, 2.05) is 48.5 Å². The van der Waals surface area contributed by atoms with Gasteiger partial charge in [-0.3, -0.25) is 19.5 Å². The van der Waals surface area contributed by atoms with Crippen LogP contribution in [0.5, 0.6) is 0 Å². The van der Waals surface area contributed by atoms with Crippen LogP contribution in [0.3, 0.4) is 0 Å². The summed E-state index contributed by atoms with van der Waals surface area (Å²) in [5, 5.41) is 8.49. The van der Waals surface area contributed by atoms with Crippen molar-refractivity contribution in [2.45, 2.75) is 12.5 Å². The van der Waals surface area contributed by atoms with Gasteiger partial charge in [0.2, 0.25) is 5.91 Å². The van der Waals surface area contributed by atoms with Crippen molar-refractivity contribution in [1.82, 2.24) is 19.9 Å². The lowest BCUT2D eigenvalue weighted by atomic mass is 10.0. The Kier molecular flexibility index (Phi) is 6.94. The second kappa shape index (κ2) is 10.4. The van der Waals surface area contributed by atoms with Crippen molar-refractivity contribution in [3.05, 3.63) is 107 Å². The molecule has 8 heteroatoms. The molecule has 0 aliphatic carbocycles. The van der Waals surface area contributed by atoms with Crippen molar-refractivity contribution in [2.24, 2.45) is 0 Å². The van der Waals surface area contributed by atoms with Gasteiger partial charge in [0.25, 0.3) is 5.91 Å². The molecule has 0 aliphatic heterocycles. The highest BCUT2D eigenvalue weighted by Gasteiger charge is 2.34. The number of rotatable bonds is 8. The molecule has 4 aromatic rings. The summed E-state index contributed by atoms with van der Waals surface area (Å²) in [6.45, 7) is 0.439. The largest absolute Gasteiger partial charge is 0.354 e. The quantitative estimate of drug-likeness (QED) is 0.449. The number of hydrogen-bond acceptors (Lipinski definition) is 6. The summed E-state index contributed by atoms with van der Waals surface area (Å²) in [5.41, 5.74) is 2.49. The normalized spacial score (nSPS) is 11.5. The van der Waals surface area contributed by atoms with Gasteiger partial charge in [-0.25, -0.2) is 0 Å². The van der Waals surface area contributed by atoms with Crippen molar-refractivity contribution < 1.29 is 9.59 Å². The topological polar surface area (TPSA) is 88.1 Å². The van der Waals surface area contributed by atoms with Crippen LogP contribution in [0.15, 0.2) is 90.6 Å². The molecule has 0 saturated carbocycles. The molecule has 32 heavy (non-hydrogen) atoms. The van der Waals surface area contributed by atoms with Gasteiger partial charge in [0.05, 0.1) is 0 Å². The number of anilines is 1. The van der Waals surface area contributed by atoms with E-state index in [2.05, 4.69) is 19.9 Å². The van der Waals surface area contributed by atoms with Crippen molar-refractivity contribution in [3.8, 4) is 0 Å². The minimum atomic E-state index is -0.920. The van der Waals surface area contributed by atoms with E-state index in [0.29, 0.717) is 24.2 Å². The van der Waals surface area contributed by atoms with Crippen LogP contribution in [0.1, 0.15) is 27.7 Å². The number of carbonyl (C=O) groups excluding carboxylic acids is 2. The number of carbonyl (C=O) groups is 2. The van der Waals surface area contributed by atoms with Gasteiger partial charge in [0.1, 0.15) is 6.04 Å². The molecule has 4 rings (SSSR count). The van der Waals surface area contributed by atoms with E-state index < -0.39 is 11.9 Å². The summed E-state index contributed by atoms with van der Waals surface area (Å²) >= 11 is 1.09. The van der Waals surface area contributed by atoms with E-state index >= 15 is 0 Å². The Hall–Kier alpha value is -3.91. The number of hydrogen-bond donors (Lipinski definition) is 1. The maximum Gasteiger partial charge on any atom is 0.280 e. The Bertz CT molecular complexity index is 1140. The zero-order valence-corrected chi connectivity index (χ0v) is 18.0. The zero-order chi connectivity index (χ0) is 22.2. The lowest BCUT2D eigenvalue weighted by Crippen LogP contribution is -2.44. The molecule has 160 valence electrons. The van der Waals surface area contributed by atoms with E-state index in [1.54, 1.807) is 42.0 Å². The molecule has 1 atom stereocenters. The molecule has 0 radical (unpaired) electrons. The SMILES string of the molecule is O=C(NCCc1ccccc1)[C@H](c1cccnc1)N(C(=O)c1csnn1)c1ccccc1. The summed E-state index contributed by atoms with van der Waals surface area (Å²) in [7, 11) is 0. The number of aromatic nitrogens is 3. The predicted molar refractivity (Wildman–Crippen MR) is 123 cm³/mol. The first-order valence-corrected chi connectivity index (χ1v) is 10.9. The van der Waals surface area contributed by atoms with Crippen molar-refractivity contribution in [3.63, 3.8) is 0 Å². The van der Waals surface area contributed by atoms with E-state index in [0.717, 1.165) is 17.1 Å². The monoisotopic (exact) mass is 443 g/mol. The number of para-hydroxylation sites is 1. The zero-order valence-electron chi connectivity index (χ0n) is 17.2. The van der Waals surface area contributed by atoms with Crippen LogP contribution in [0.4, 0.5) is 5.69 Å². The third-order valence-electron chi connectivity index (χ3n) is 4.89. The van der Waals surface area contributed by atoms with Crippen molar-refractivity contribution in [1.29, 1.82) is 0 Å². The first-order valence-electron chi connectivity index (χ1n) is 10.1. The van der Waals surface area contributed by atoms with Gasteiger partial charge in [-0.2, -0.15) is 0 Å². The highest BCUT2D eigenvalue weighted by Crippen LogP contribution is 2.29. The number of benzene rings is 2. The lowest BCUT2D eigenvalue weighted by Gasteiger charge is -2.30. The van der Waals surface area contributed by atoms with Gasteiger partial charge in [-0.05, 0) is 41.7 Å². The van der Waals surface area contributed by atoms with Crippen LogP contribution in [0.25, 0.3) is 0 Å². The van der Waals surface area contributed by atoms with Crippen LogP contribution in [-0.4, -0.2) is 32.9 Å². The molecule has 0 fully saturated rings. The average molecular weight is 444 g/mol. The Balaban J connectivity index is 1.66. The highest BCUT2D eigenvalue weighted by molar-refractivity contribution is 7.03. The summed E-state index contributed by atoms with van der Waals surface area (Å²) in [6.07, 6.45) is 3.92.